The zero-order valence-electron chi connectivity index (χ0n) is 16.3. The maximum absolute atomic E-state index is 12.6. The second-order valence-electron chi connectivity index (χ2n) is 6.85. The highest BCUT2D eigenvalue weighted by molar-refractivity contribution is 5.96. The van der Waals surface area contributed by atoms with Crippen molar-refractivity contribution in [2.75, 3.05) is 7.05 Å². The summed E-state index contributed by atoms with van der Waals surface area (Å²) >= 11 is 0. The summed E-state index contributed by atoms with van der Waals surface area (Å²) in [7, 11) is 1.68. The fourth-order valence-electron chi connectivity index (χ4n) is 3.36. The van der Waals surface area contributed by atoms with Gasteiger partial charge >= 0.3 is 0 Å². The van der Waals surface area contributed by atoms with E-state index in [0.29, 0.717) is 16.7 Å². The van der Waals surface area contributed by atoms with Crippen LogP contribution in [0.4, 0.5) is 0 Å². The summed E-state index contributed by atoms with van der Waals surface area (Å²) in [6.07, 6.45) is 4.05. The van der Waals surface area contributed by atoms with Gasteiger partial charge in [-0.3, -0.25) is 9.59 Å². The van der Waals surface area contributed by atoms with Crippen LogP contribution in [0.5, 0.6) is 0 Å². The molecular weight excluding hydrogens is 366 g/mol. The van der Waals surface area contributed by atoms with Gasteiger partial charge in [0.1, 0.15) is 17.2 Å². The van der Waals surface area contributed by atoms with Gasteiger partial charge in [-0.25, -0.2) is 4.98 Å². The third kappa shape index (κ3) is 3.69. The topological polar surface area (TPSA) is 79.2 Å². The van der Waals surface area contributed by atoms with Crippen LogP contribution in [0, 0.1) is 0 Å². The quantitative estimate of drug-likeness (QED) is 0.527. The van der Waals surface area contributed by atoms with Crippen molar-refractivity contribution >= 4 is 33.9 Å². The first-order valence-corrected chi connectivity index (χ1v) is 9.48. The number of nitrogens with one attached hydrogen (secondary N) is 1. The number of furan rings is 1. The van der Waals surface area contributed by atoms with Crippen LogP contribution >= 0.6 is 0 Å². The Morgan fingerprint density at radius 2 is 1.86 bits per heavy atom. The first kappa shape index (κ1) is 18.7. The van der Waals surface area contributed by atoms with Crippen molar-refractivity contribution < 1.29 is 9.21 Å². The number of aryl methyl sites for hydroxylation is 1. The third-order valence-electron chi connectivity index (χ3n) is 4.85. The van der Waals surface area contributed by atoms with Gasteiger partial charge in [0.05, 0.1) is 17.4 Å². The summed E-state index contributed by atoms with van der Waals surface area (Å²) in [5.41, 5.74) is 2.13. The number of hydrogen-bond donors (Lipinski definition) is 1. The highest BCUT2D eigenvalue weighted by Gasteiger charge is 2.12. The molecule has 0 unspecified atom stereocenters. The van der Waals surface area contributed by atoms with Gasteiger partial charge in [0, 0.05) is 30.5 Å². The van der Waals surface area contributed by atoms with E-state index < -0.39 is 0 Å². The molecule has 4 aromatic rings. The number of carbonyl (C=O) groups excluding carboxylic acids is 1. The van der Waals surface area contributed by atoms with Crippen molar-refractivity contribution in [2.24, 2.45) is 0 Å². The molecule has 29 heavy (non-hydrogen) atoms. The van der Waals surface area contributed by atoms with E-state index in [4.69, 9.17) is 4.42 Å². The summed E-state index contributed by atoms with van der Waals surface area (Å²) < 4.78 is 5.86. The van der Waals surface area contributed by atoms with E-state index in [1.54, 1.807) is 31.3 Å². The Kier molecular flexibility index (Phi) is 4.99. The normalized spacial score (nSPS) is 11.5. The van der Waals surface area contributed by atoms with Crippen LogP contribution in [0.2, 0.25) is 0 Å². The van der Waals surface area contributed by atoms with E-state index >= 15 is 0 Å². The first-order valence-electron chi connectivity index (χ1n) is 9.48. The monoisotopic (exact) mass is 387 g/mol. The van der Waals surface area contributed by atoms with Gasteiger partial charge in [0.25, 0.3) is 5.56 Å². The molecule has 0 aliphatic rings. The molecule has 2 heterocycles. The fraction of sp³-hybridized carbons (Fsp3) is 0.174. The lowest BCUT2D eigenvalue weighted by molar-refractivity contribution is -0.125. The van der Waals surface area contributed by atoms with Gasteiger partial charge in [-0.05, 0) is 24.3 Å². The van der Waals surface area contributed by atoms with Crippen LogP contribution in [-0.4, -0.2) is 27.8 Å². The summed E-state index contributed by atoms with van der Waals surface area (Å²) in [5, 5.41) is 1.51. The van der Waals surface area contributed by atoms with Crippen molar-refractivity contribution in [3.63, 3.8) is 0 Å². The molecular formula is C23H21N3O3. The summed E-state index contributed by atoms with van der Waals surface area (Å²) in [4.78, 5) is 33.5. The van der Waals surface area contributed by atoms with Crippen LogP contribution in [0.15, 0.2) is 63.8 Å². The zero-order chi connectivity index (χ0) is 20.4. The number of benzene rings is 2. The smallest absolute Gasteiger partial charge is 0.258 e. The number of likely N-dealkylation sites (N-methyl/N-ethyl adjacent to an activating group) is 1. The Labute approximate surface area is 167 Å². The highest BCUT2D eigenvalue weighted by Crippen LogP contribution is 2.27. The highest BCUT2D eigenvalue weighted by atomic mass is 16.3. The first-order chi connectivity index (χ1) is 14.1. The number of aromatic nitrogens is 2. The summed E-state index contributed by atoms with van der Waals surface area (Å²) in [6.45, 7) is 2.22. The van der Waals surface area contributed by atoms with Crippen LogP contribution in [-0.2, 0) is 17.8 Å². The van der Waals surface area contributed by atoms with Crippen molar-refractivity contribution in [1.29, 1.82) is 0 Å². The van der Waals surface area contributed by atoms with Crippen molar-refractivity contribution in [3.8, 4) is 0 Å². The lowest BCUT2D eigenvalue weighted by Gasteiger charge is -2.14. The van der Waals surface area contributed by atoms with Crippen molar-refractivity contribution in [1.82, 2.24) is 14.9 Å². The molecule has 146 valence electrons. The van der Waals surface area contributed by atoms with E-state index in [2.05, 4.69) is 9.97 Å². The largest absolute Gasteiger partial charge is 0.460 e. The lowest BCUT2D eigenvalue weighted by Crippen LogP contribution is -2.26. The van der Waals surface area contributed by atoms with E-state index in [1.165, 1.54) is 11.0 Å². The maximum Gasteiger partial charge on any atom is 0.258 e. The van der Waals surface area contributed by atoms with Crippen LogP contribution < -0.4 is 5.56 Å². The average Bonchev–Trinajstić information content (AvgIpc) is 3.09. The molecule has 2 aromatic carbocycles. The molecule has 0 radical (unpaired) electrons. The molecule has 1 amide bonds. The molecule has 4 rings (SSSR count). The molecule has 0 spiro atoms. The zero-order valence-corrected chi connectivity index (χ0v) is 16.3. The predicted octanol–water partition coefficient (Wildman–Crippen LogP) is 3.90. The molecule has 0 fully saturated rings. The second-order valence-corrected chi connectivity index (χ2v) is 6.85. The predicted molar refractivity (Wildman–Crippen MR) is 113 cm³/mol. The minimum atomic E-state index is -0.209. The number of rotatable bonds is 5. The standard InChI is InChI=1S/C23H21N3O3/c1-3-19-16(15-8-5-7-11-20(15)29-19)12-13-22(27)26(2)14-21-24-18-10-6-4-9-17(18)23(28)25-21/h4-13H,3,14H2,1-2H3,(H,24,25,28). The molecule has 0 atom stereocenters. The number of H-pyrrole nitrogens is 1. The Hall–Kier alpha value is -3.67. The molecule has 0 aliphatic heterocycles. The van der Waals surface area contributed by atoms with Crippen molar-refractivity contribution in [3.05, 3.63) is 82.1 Å². The van der Waals surface area contributed by atoms with Gasteiger partial charge in [0.2, 0.25) is 5.91 Å². The molecule has 1 N–H and O–H groups in total. The van der Waals surface area contributed by atoms with Crippen LogP contribution in [0.3, 0.4) is 0 Å². The van der Waals surface area contributed by atoms with Gasteiger partial charge in [0.15, 0.2) is 0 Å². The number of fused-ring (bicyclic) bond motifs is 2. The number of nitrogens with zero attached hydrogens (tertiary/aromatic N) is 2. The third-order valence-corrected chi connectivity index (χ3v) is 4.85. The Morgan fingerprint density at radius 3 is 2.66 bits per heavy atom. The Balaban J connectivity index is 1.56. The van der Waals surface area contributed by atoms with E-state index in [0.717, 1.165) is 28.7 Å². The molecule has 0 aliphatic carbocycles. The van der Waals surface area contributed by atoms with Gasteiger partial charge < -0.3 is 14.3 Å². The van der Waals surface area contributed by atoms with Crippen molar-refractivity contribution in [2.45, 2.75) is 19.9 Å². The minimum Gasteiger partial charge on any atom is -0.460 e. The van der Waals surface area contributed by atoms with Crippen LogP contribution in [0.25, 0.3) is 27.9 Å². The van der Waals surface area contributed by atoms with Gasteiger partial charge in [-0.1, -0.05) is 37.3 Å². The number of hydrogen-bond acceptors (Lipinski definition) is 4. The average molecular weight is 387 g/mol. The maximum atomic E-state index is 12.6. The van der Waals surface area contributed by atoms with Gasteiger partial charge in [-0.15, -0.1) is 0 Å². The Bertz CT molecular complexity index is 1280. The molecule has 0 saturated heterocycles. The molecule has 6 heteroatoms. The lowest BCUT2D eigenvalue weighted by atomic mass is 10.1. The summed E-state index contributed by atoms with van der Waals surface area (Å²) in [6, 6.07) is 14.9. The number of aromatic amines is 1. The second kappa shape index (κ2) is 7.75. The molecule has 0 saturated carbocycles. The van der Waals surface area contributed by atoms with Gasteiger partial charge in [-0.2, -0.15) is 0 Å². The van der Waals surface area contributed by atoms with E-state index in [-0.39, 0.29) is 18.0 Å². The fourth-order valence-corrected chi connectivity index (χ4v) is 3.36. The number of amides is 1. The molecule has 0 bridgehead atoms. The minimum absolute atomic E-state index is 0.187. The molecule has 6 nitrogen and oxygen atoms in total. The van der Waals surface area contributed by atoms with Crippen LogP contribution in [0.1, 0.15) is 24.1 Å². The SMILES string of the molecule is CCc1oc2ccccc2c1C=CC(=O)N(C)Cc1nc2ccccc2c(=O)[nH]1. The Morgan fingerprint density at radius 1 is 1.14 bits per heavy atom. The molecule has 2 aromatic heterocycles. The summed E-state index contributed by atoms with van der Waals surface area (Å²) in [5.74, 6) is 1.10. The number of carbonyl (C=O) groups is 1. The van der Waals surface area contributed by atoms with E-state index in [9.17, 15) is 9.59 Å². The number of para-hydroxylation sites is 2. The van der Waals surface area contributed by atoms with E-state index in [1.807, 2.05) is 37.3 Å².